The average Bonchev–Trinajstić information content (AvgIpc) is 2.88. The van der Waals surface area contributed by atoms with E-state index in [9.17, 15) is 14.4 Å². The molecule has 0 saturated carbocycles. The Morgan fingerprint density at radius 2 is 1.68 bits per heavy atom. The van der Waals surface area contributed by atoms with E-state index in [1.54, 1.807) is 21.0 Å². The van der Waals surface area contributed by atoms with Gasteiger partial charge in [-0.05, 0) is 37.1 Å². The van der Waals surface area contributed by atoms with Crippen molar-refractivity contribution in [1.29, 1.82) is 0 Å². The molecule has 0 unspecified atom stereocenters. The van der Waals surface area contributed by atoms with E-state index in [1.807, 2.05) is 54.6 Å². The first kappa shape index (κ1) is 19.4. The zero-order chi connectivity index (χ0) is 20.3. The number of nitrogens with zero attached hydrogens (tertiary/aromatic N) is 1. The molecule has 0 aliphatic carbocycles. The zero-order valence-corrected chi connectivity index (χ0v) is 16.1. The summed E-state index contributed by atoms with van der Waals surface area (Å²) in [6.07, 6.45) is 0. The largest absolute Gasteiger partial charge is 0.497 e. The number of nitrogens with one attached hydrogen (secondary N) is 2. The van der Waals surface area contributed by atoms with Gasteiger partial charge in [0.15, 0.2) is 0 Å². The number of carbonyl (C=O) groups excluding carboxylic acids is 3. The highest BCUT2D eigenvalue weighted by Gasteiger charge is 2.45. The quantitative estimate of drug-likeness (QED) is 0.751. The van der Waals surface area contributed by atoms with Gasteiger partial charge in [0.05, 0.1) is 13.2 Å². The van der Waals surface area contributed by atoms with Crippen molar-refractivity contribution in [2.75, 3.05) is 13.7 Å². The molecule has 4 amide bonds. The monoisotopic (exact) mass is 381 g/mol. The summed E-state index contributed by atoms with van der Waals surface area (Å²) in [5.41, 5.74) is 0.739. The molecule has 7 heteroatoms. The SMILES string of the molecule is COc1ccc([C@H](NC(=O)CN2C(=O)NC(C)(C)C2=O)c2ccccc2)cc1. The van der Waals surface area contributed by atoms with Crippen molar-refractivity contribution in [1.82, 2.24) is 15.5 Å². The van der Waals surface area contributed by atoms with Gasteiger partial charge in [0.25, 0.3) is 5.91 Å². The van der Waals surface area contributed by atoms with Crippen molar-refractivity contribution in [3.05, 3.63) is 65.7 Å². The minimum absolute atomic E-state index is 0.340. The molecule has 1 aliphatic rings. The maximum Gasteiger partial charge on any atom is 0.325 e. The van der Waals surface area contributed by atoms with E-state index in [0.717, 1.165) is 16.0 Å². The lowest BCUT2D eigenvalue weighted by molar-refractivity contribution is -0.134. The number of imide groups is 1. The molecular formula is C21H23N3O4. The van der Waals surface area contributed by atoms with Gasteiger partial charge in [-0.15, -0.1) is 0 Å². The van der Waals surface area contributed by atoms with Crippen molar-refractivity contribution in [2.45, 2.75) is 25.4 Å². The Kier molecular flexibility index (Phi) is 5.35. The van der Waals surface area contributed by atoms with Crippen LogP contribution in [0.15, 0.2) is 54.6 Å². The minimum atomic E-state index is -1.01. The highest BCUT2D eigenvalue weighted by molar-refractivity contribution is 6.08. The lowest BCUT2D eigenvalue weighted by Gasteiger charge is -2.22. The molecule has 7 nitrogen and oxygen atoms in total. The molecule has 1 fully saturated rings. The van der Waals surface area contributed by atoms with Gasteiger partial charge in [-0.3, -0.25) is 14.5 Å². The van der Waals surface area contributed by atoms with Gasteiger partial charge in [0.2, 0.25) is 5.91 Å². The number of benzene rings is 2. The molecule has 28 heavy (non-hydrogen) atoms. The highest BCUT2D eigenvalue weighted by atomic mass is 16.5. The van der Waals surface area contributed by atoms with E-state index in [4.69, 9.17) is 4.74 Å². The Morgan fingerprint density at radius 3 is 2.21 bits per heavy atom. The van der Waals surface area contributed by atoms with Gasteiger partial charge in [-0.1, -0.05) is 42.5 Å². The summed E-state index contributed by atoms with van der Waals surface area (Å²) in [5, 5.41) is 5.50. The molecule has 2 aromatic rings. The van der Waals surface area contributed by atoms with Gasteiger partial charge >= 0.3 is 6.03 Å². The second-order valence-electron chi connectivity index (χ2n) is 7.13. The van der Waals surface area contributed by atoms with Crippen LogP contribution in [0.2, 0.25) is 0 Å². The average molecular weight is 381 g/mol. The standard InChI is InChI=1S/C21H23N3O4/c1-21(2)19(26)24(20(27)23-21)13-17(25)22-18(14-7-5-4-6-8-14)15-9-11-16(28-3)12-10-15/h4-12,18H,13H2,1-3H3,(H,22,25)(H,23,27)/t18-/m1/s1. The Hall–Kier alpha value is -3.35. The number of hydrogen-bond donors (Lipinski definition) is 2. The smallest absolute Gasteiger partial charge is 0.325 e. The molecule has 0 radical (unpaired) electrons. The van der Waals surface area contributed by atoms with Crippen LogP contribution in [0.25, 0.3) is 0 Å². The first-order chi connectivity index (χ1) is 13.3. The molecule has 1 saturated heterocycles. The van der Waals surface area contributed by atoms with Gasteiger partial charge in [0.1, 0.15) is 17.8 Å². The van der Waals surface area contributed by atoms with E-state index in [2.05, 4.69) is 10.6 Å². The van der Waals surface area contributed by atoms with Gasteiger partial charge in [-0.2, -0.15) is 0 Å². The van der Waals surface area contributed by atoms with E-state index in [-0.39, 0.29) is 6.54 Å². The molecule has 1 heterocycles. The Labute approximate surface area is 163 Å². The number of rotatable bonds is 6. The number of amides is 4. The topological polar surface area (TPSA) is 87.7 Å². The lowest BCUT2D eigenvalue weighted by atomic mass is 9.98. The zero-order valence-electron chi connectivity index (χ0n) is 16.1. The van der Waals surface area contributed by atoms with Crippen LogP contribution >= 0.6 is 0 Å². The fourth-order valence-corrected chi connectivity index (χ4v) is 3.11. The molecule has 0 spiro atoms. The molecule has 0 aromatic heterocycles. The number of urea groups is 1. The molecule has 0 bridgehead atoms. The van der Waals surface area contributed by atoms with Gasteiger partial charge < -0.3 is 15.4 Å². The Bertz CT molecular complexity index is 878. The lowest BCUT2D eigenvalue weighted by Crippen LogP contribution is -2.43. The maximum absolute atomic E-state index is 12.7. The van der Waals surface area contributed by atoms with E-state index < -0.39 is 29.4 Å². The number of ether oxygens (including phenoxy) is 1. The molecular weight excluding hydrogens is 358 g/mol. The first-order valence-corrected chi connectivity index (χ1v) is 8.94. The van der Waals surface area contributed by atoms with Crippen LogP contribution in [0.1, 0.15) is 31.0 Å². The fourth-order valence-electron chi connectivity index (χ4n) is 3.11. The number of carbonyl (C=O) groups is 3. The van der Waals surface area contributed by atoms with Crippen molar-refractivity contribution in [3.8, 4) is 5.75 Å². The summed E-state index contributed by atoms with van der Waals surface area (Å²) in [6, 6.07) is 15.9. The third-order valence-electron chi connectivity index (χ3n) is 4.63. The van der Waals surface area contributed by atoms with Crippen LogP contribution in [-0.4, -0.2) is 41.9 Å². The van der Waals surface area contributed by atoms with Crippen molar-refractivity contribution >= 4 is 17.8 Å². The molecule has 1 atom stereocenters. The first-order valence-electron chi connectivity index (χ1n) is 8.94. The normalized spacial score (nSPS) is 16.5. The number of hydrogen-bond acceptors (Lipinski definition) is 4. The maximum atomic E-state index is 12.7. The van der Waals surface area contributed by atoms with E-state index in [0.29, 0.717) is 5.75 Å². The summed E-state index contributed by atoms with van der Waals surface area (Å²) in [4.78, 5) is 38.0. The van der Waals surface area contributed by atoms with Gasteiger partial charge in [0, 0.05) is 0 Å². The Morgan fingerprint density at radius 1 is 1.07 bits per heavy atom. The van der Waals surface area contributed by atoms with Gasteiger partial charge in [-0.25, -0.2) is 4.79 Å². The second kappa shape index (κ2) is 7.72. The third-order valence-corrected chi connectivity index (χ3v) is 4.63. The third kappa shape index (κ3) is 3.98. The summed E-state index contributed by atoms with van der Waals surface area (Å²) in [6.45, 7) is 2.87. The molecule has 2 N–H and O–H groups in total. The van der Waals surface area contributed by atoms with Crippen molar-refractivity contribution in [3.63, 3.8) is 0 Å². The van der Waals surface area contributed by atoms with Crippen LogP contribution in [0, 0.1) is 0 Å². The minimum Gasteiger partial charge on any atom is -0.497 e. The summed E-state index contributed by atoms with van der Waals surface area (Å²) in [5.74, 6) is -0.136. The van der Waals surface area contributed by atoms with Crippen LogP contribution in [0.5, 0.6) is 5.75 Å². The Balaban J connectivity index is 1.80. The predicted octanol–water partition coefficient (Wildman–Crippen LogP) is 2.23. The highest BCUT2D eigenvalue weighted by Crippen LogP contribution is 2.24. The van der Waals surface area contributed by atoms with Crippen molar-refractivity contribution < 1.29 is 19.1 Å². The predicted molar refractivity (Wildman–Crippen MR) is 104 cm³/mol. The van der Waals surface area contributed by atoms with Crippen LogP contribution in [0.3, 0.4) is 0 Å². The molecule has 1 aliphatic heterocycles. The van der Waals surface area contributed by atoms with E-state index in [1.165, 1.54) is 0 Å². The van der Waals surface area contributed by atoms with E-state index >= 15 is 0 Å². The van der Waals surface area contributed by atoms with Crippen LogP contribution in [-0.2, 0) is 9.59 Å². The second-order valence-corrected chi connectivity index (χ2v) is 7.13. The fraction of sp³-hybridized carbons (Fsp3) is 0.286. The summed E-state index contributed by atoms with van der Waals surface area (Å²) < 4.78 is 5.19. The molecule has 3 rings (SSSR count). The number of methoxy groups -OCH3 is 1. The summed E-state index contributed by atoms with van der Waals surface area (Å²) in [7, 11) is 1.59. The van der Waals surface area contributed by atoms with Crippen LogP contribution < -0.4 is 15.4 Å². The van der Waals surface area contributed by atoms with Crippen molar-refractivity contribution in [2.24, 2.45) is 0 Å². The molecule has 146 valence electrons. The van der Waals surface area contributed by atoms with Crippen LogP contribution in [0.4, 0.5) is 4.79 Å². The molecule has 2 aromatic carbocycles. The summed E-state index contributed by atoms with van der Waals surface area (Å²) >= 11 is 0.